The molecular formula is C74H121N19O20S2. The van der Waals surface area contributed by atoms with Gasteiger partial charge in [-0.2, -0.15) is 0 Å². The number of nitrogens with one attached hydrogen (secondary N) is 13. The highest BCUT2D eigenvalue weighted by Crippen LogP contribution is 2.42. The van der Waals surface area contributed by atoms with Crippen LogP contribution < -0.4 is 80.6 Å². The molecule has 0 spiro atoms. The molecule has 0 radical (unpaired) electrons. The van der Waals surface area contributed by atoms with Crippen molar-refractivity contribution < 1.29 is 96.8 Å². The number of nitrogens with zero attached hydrogens (tertiary/aromatic N) is 4. The van der Waals surface area contributed by atoms with E-state index < -0.39 is 252 Å². The van der Waals surface area contributed by atoms with Crippen LogP contribution >= 0.6 is 21.6 Å². The molecule has 0 aromatic rings. The average molecular weight is 1660 g/mol. The summed E-state index contributed by atoms with van der Waals surface area (Å²) in [5.74, 6) is -20.1. The van der Waals surface area contributed by atoms with Gasteiger partial charge in [0.1, 0.15) is 84.6 Å². The number of carboxylic acids is 1. The van der Waals surface area contributed by atoms with Gasteiger partial charge in [-0.3, -0.25) is 86.5 Å². The fourth-order valence-corrected chi connectivity index (χ4v) is 17.8. The predicted molar refractivity (Wildman–Crippen MR) is 422 cm³/mol. The number of hydrogen-bond acceptors (Lipinski definition) is 22. The lowest BCUT2D eigenvalue weighted by Gasteiger charge is -2.39. The Bertz CT molecular complexity index is 3570. The van der Waals surface area contributed by atoms with Gasteiger partial charge >= 0.3 is 5.97 Å². The van der Waals surface area contributed by atoms with Crippen molar-refractivity contribution in [2.75, 3.05) is 51.7 Å². The minimum Gasteiger partial charge on any atom is -0.481 e. The first kappa shape index (κ1) is 94.7. The summed E-state index contributed by atoms with van der Waals surface area (Å²) in [4.78, 5) is 255. The number of carboxylic acid groups (broad SMARTS) is 1. The number of aliphatic hydroxyl groups is 2. The second-order valence-corrected chi connectivity index (χ2v) is 34.7. The molecule has 20 N–H and O–H groups in total. The average Bonchev–Trinajstić information content (AvgIpc) is 1.62. The number of hydrogen-bond donors (Lipinski definition) is 18. The molecule has 5 heterocycles. The standard InChI is InChI=1S/C74H121N19O20S2/c1-12-37(6)55-67(108)86-47-35-114-115-74(10,11)58(69(110)89-57(39(8)14-3)72(113)91-26-18-23-49(91)65(106)82-43(30-54(98)99)61(102)80-40(9)59(100)79-31-52(96)78-32-53(97)87-55)90-68(109)56(38(7)13-2)88-66(107)51-29-41-20-15-16-22-48(41)93(51)71(112)50-24-19-27-92(50)70(111)44(28-36(4)5)83-63(104)46(34-95)84-60(101)42(21-17-25-77-73(75)76)81-62(103)45(33-94)85-64(47)105/h36-51,55-58,94-95H,12-35H2,1-11H3,(H,78,96)(H,79,100)(H,80,102)(H,81,103)(H,82,106)(H,83,104)(H,84,101)(H,85,105)(H,86,108)(H,87,97)(H,88,107)(H,89,110)(H,90,109)(H,98,99)(H4,75,76,77)/t37-,38-,39-,40-,41-,42-,43-,44-,45-,46-,47-,48-,49-,50-,51-,55-,56-,57-,58+/m0/s1. The van der Waals surface area contributed by atoms with Crippen molar-refractivity contribution >= 4 is 128 Å². The van der Waals surface area contributed by atoms with Crippen molar-refractivity contribution in [1.82, 2.24) is 83.8 Å². The molecule has 0 aromatic carbocycles. The SMILES string of the molecule is CC[C@H](C)[C@@H]1NC(=O)CNC(=O)CNC(=O)[C@H](C)NC(=O)[C@H](CC(=O)O)NC(=O)[C@@H]2CCCN2C(=O)[C@H]([C@@H](C)CC)NC(=O)[C@H]2NC(=O)[C@H]([C@@H](C)CC)NC(=O)[C@@H]3C[C@@H]4CCCC[C@@H]4N3C(=O)[C@@H]3CCCN3C(=O)[C@H](CC(C)C)NC(=O)[C@H](CO)NC(=O)[C@H](CCCN=C(N)N)NC(=O)[C@H](CO)NC(=O)[C@H](CSSC2(C)C)NC1=O. The first-order valence-electron chi connectivity index (χ1n) is 39.9. The minimum absolute atomic E-state index is 0.00240. The van der Waals surface area contributed by atoms with E-state index in [1.54, 1.807) is 55.4 Å². The lowest BCUT2D eigenvalue weighted by molar-refractivity contribution is -0.150. The van der Waals surface area contributed by atoms with Crippen LogP contribution in [0.15, 0.2) is 4.99 Å². The van der Waals surface area contributed by atoms with Crippen LogP contribution in [-0.2, 0) is 81.5 Å². The van der Waals surface area contributed by atoms with E-state index in [0.29, 0.717) is 25.7 Å². The second-order valence-electron chi connectivity index (χ2n) is 31.7. The number of fused-ring (bicyclic) bond motifs is 10. The fourth-order valence-electron chi connectivity index (χ4n) is 15.0. The van der Waals surface area contributed by atoms with E-state index in [1.807, 2.05) is 0 Å². The van der Waals surface area contributed by atoms with Crippen LogP contribution in [0.25, 0.3) is 0 Å². The largest absolute Gasteiger partial charge is 0.481 e. The first-order valence-corrected chi connectivity index (χ1v) is 42.2. The Hall–Kier alpha value is -9.12. The van der Waals surface area contributed by atoms with Gasteiger partial charge < -0.3 is 111 Å². The predicted octanol–water partition coefficient (Wildman–Crippen LogP) is -4.40. The lowest BCUT2D eigenvalue weighted by Crippen LogP contribution is -2.64. The van der Waals surface area contributed by atoms with Crippen molar-refractivity contribution in [1.29, 1.82) is 0 Å². The number of carbonyl (C=O) groups excluding carboxylic acids is 16. The smallest absolute Gasteiger partial charge is 0.305 e. The van der Waals surface area contributed by atoms with Crippen LogP contribution in [0.4, 0.5) is 0 Å². The Labute approximate surface area is 677 Å². The van der Waals surface area contributed by atoms with E-state index in [4.69, 9.17) is 11.5 Å². The van der Waals surface area contributed by atoms with Crippen LogP contribution in [-0.4, -0.2) is 284 Å². The highest BCUT2D eigenvalue weighted by molar-refractivity contribution is 8.77. The molecule has 115 heavy (non-hydrogen) atoms. The number of carbonyl (C=O) groups is 17. The molecule has 19 atom stereocenters. The summed E-state index contributed by atoms with van der Waals surface area (Å²) < 4.78 is -1.63. The van der Waals surface area contributed by atoms with Crippen LogP contribution in [0.2, 0.25) is 0 Å². The van der Waals surface area contributed by atoms with Crippen LogP contribution in [0.3, 0.4) is 0 Å². The zero-order chi connectivity index (χ0) is 85.5. The maximum Gasteiger partial charge on any atom is 0.305 e. The van der Waals surface area contributed by atoms with Gasteiger partial charge in [0.25, 0.3) is 0 Å². The van der Waals surface area contributed by atoms with Gasteiger partial charge in [-0.05, 0) is 115 Å². The third kappa shape index (κ3) is 26.2. The normalized spacial score (nSPS) is 30.7. The van der Waals surface area contributed by atoms with E-state index in [9.17, 15) is 63.3 Å². The Morgan fingerprint density at radius 1 is 0.522 bits per heavy atom. The van der Waals surface area contributed by atoms with Crippen molar-refractivity contribution in [3.63, 3.8) is 0 Å². The minimum atomic E-state index is -1.96. The lowest BCUT2D eigenvalue weighted by atomic mass is 9.84. The van der Waals surface area contributed by atoms with Crippen molar-refractivity contribution in [2.45, 2.75) is 274 Å². The number of nitrogens with two attached hydrogens (primary N) is 2. The summed E-state index contributed by atoms with van der Waals surface area (Å²) in [7, 11) is 1.71. The Balaban J connectivity index is 1.54. The molecule has 1 saturated carbocycles. The molecule has 0 unspecified atom stereocenters. The Morgan fingerprint density at radius 2 is 1.03 bits per heavy atom. The summed E-state index contributed by atoms with van der Waals surface area (Å²) >= 11 is 0. The second kappa shape index (κ2) is 44.3. The van der Waals surface area contributed by atoms with Crippen molar-refractivity contribution in [2.24, 2.45) is 46.0 Å². The maximum atomic E-state index is 15.8. The number of aliphatic hydroxyl groups excluding tert-OH is 2. The Kier molecular flexibility index (Phi) is 36.5. The zero-order valence-electron chi connectivity index (χ0n) is 67.6. The summed E-state index contributed by atoms with van der Waals surface area (Å²) in [6.45, 7) is 14.0. The molecule has 6 fully saturated rings. The van der Waals surface area contributed by atoms with Crippen LogP contribution in [0.5, 0.6) is 0 Å². The molecule has 2 bridgehead atoms. The van der Waals surface area contributed by atoms with Gasteiger partial charge in [-0.1, -0.05) is 109 Å². The van der Waals surface area contributed by atoms with Gasteiger partial charge in [0.05, 0.1) is 32.7 Å². The first-order chi connectivity index (χ1) is 54.3. The molecule has 644 valence electrons. The maximum absolute atomic E-state index is 15.8. The quantitative estimate of drug-likeness (QED) is 0.0300. The van der Waals surface area contributed by atoms with Gasteiger partial charge in [-0.15, -0.1) is 0 Å². The highest BCUT2D eigenvalue weighted by atomic mass is 33.1. The molecule has 16 amide bonds. The van der Waals surface area contributed by atoms with E-state index in [-0.39, 0.29) is 102 Å². The van der Waals surface area contributed by atoms with E-state index in [0.717, 1.165) is 28.0 Å². The van der Waals surface area contributed by atoms with Crippen LogP contribution in [0, 0.1) is 29.6 Å². The summed E-state index contributed by atoms with van der Waals surface area (Å²) in [6, 6.07) is -22.2. The summed E-state index contributed by atoms with van der Waals surface area (Å²) in [5, 5.41) is 64.9. The molecule has 6 rings (SSSR count). The topological polar surface area (TPSA) is 581 Å². The third-order valence-electron chi connectivity index (χ3n) is 22.2. The number of aliphatic imine (C=N–C) groups is 1. The third-order valence-corrected chi connectivity index (χ3v) is 25.5. The Morgan fingerprint density at radius 3 is 1.63 bits per heavy atom. The molecule has 6 aliphatic rings. The van der Waals surface area contributed by atoms with Crippen molar-refractivity contribution in [3.8, 4) is 0 Å². The van der Waals surface area contributed by atoms with E-state index >= 15 is 33.6 Å². The van der Waals surface area contributed by atoms with Gasteiger partial charge in [-0.25, -0.2) is 0 Å². The van der Waals surface area contributed by atoms with Gasteiger partial charge in [0, 0.05) is 36.2 Å². The molecule has 5 aliphatic heterocycles. The number of amides is 16. The number of guanidine groups is 1. The molecule has 1 aliphatic carbocycles. The van der Waals surface area contributed by atoms with E-state index in [1.165, 1.54) is 35.5 Å². The zero-order valence-corrected chi connectivity index (χ0v) is 69.2. The monoisotopic (exact) mass is 1660 g/mol. The molecule has 0 aromatic heterocycles. The number of aliphatic carboxylic acids is 1. The molecule has 5 saturated heterocycles. The van der Waals surface area contributed by atoms with Crippen molar-refractivity contribution in [3.05, 3.63) is 0 Å². The number of rotatable bonds is 16. The van der Waals surface area contributed by atoms with E-state index in [2.05, 4.69) is 74.1 Å². The molecule has 39 nitrogen and oxygen atoms in total. The summed E-state index contributed by atoms with van der Waals surface area (Å²) in [6.07, 6.45) is 2.95. The highest BCUT2D eigenvalue weighted by Gasteiger charge is 2.53. The van der Waals surface area contributed by atoms with Gasteiger partial charge in [0.15, 0.2) is 5.96 Å². The summed E-state index contributed by atoms with van der Waals surface area (Å²) in [5.41, 5.74) is 11.2. The fraction of sp³-hybridized carbons (Fsp3) is 0.757. The molecule has 41 heteroatoms. The van der Waals surface area contributed by atoms with Crippen LogP contribution in [0.1, 0.15) is 179 Å². The molecular weight excluding hydrogens is 1540 g/mol. The van der Waals surface area contributed by atoms with Gasteiger partial charge in [0.2, 0.25) is 94.5 Å².